The number of carbonyl (C=O) groups is 1. The second kappa shape index (κ2) is 11.8. The molecule has 3 rings (SSSR count). The largest absolute Gasteiger partial charge is 0.478 e. The minimum atomic E-state index is -3.67. The minimum absolute atomic E-state index is 0.0715. The van der Waals surface area contributed by atoms with Crippen molar-refractivity contribution in [2.75, 3.05) is 36.2 Å². The molecule has 1 N–H and O–H groups in total. The van der Waals surface area contributed by atoms with Crippen molar-refractivity contribution in [3.63, 3.8) is 0 Å². The van der Waals surface area contributed by atoms with Gasteiger partial charge in [-0.1, -0.05) is 57.7 Å². The Labute approximate surface area is 215 Å². The van der Waals surface area contributed by atoms with Gasteiger partial charge in [0.15, 0.2) is 15.6 Å². The summed E-state index contributed by atoms with van der Waals surface area (Å²) in [6, 6.07) is 13.3. The lowest BCUT2D eigenvalue weighted by molar-refractivity contribution is -0.131. The monoisotopic (exact) mass is 514 g/mol. The van der Waals surface area contributed by atoms with Gasteiger partial charge in [-0.3, -0.25) is 0 Å². The first-order valence-corrected chi connectivity index (χ1v) is 14.2. The van der Waals surface area contributed by atoms with E-state index in [1.807, 2.05) is 55.4 Å². The number of sulfone groups is 1. The third-order valence-electron chi connectivity index (χ3n) is 6.73. The van der Waals surface area contributed by atoms with Crippen molar-refractivity contribution in [3.05, 3.63) is 54.8 Å². The molecular formula is C28H38N2O5S. The Morgan fingerprint density at radius 3 is 2.31 bits per heavy atom. The number of carboxylic acids is 1. The van der Waals surface area contributed by atoms with Crippen LogP contribution < -0.4 is 14.5 Å². The second-order valence-electron chi connectivity index (χ2n) is 9.83. The van der Waals surface area contributed by atoms with Crippen LogP contribution in [0.15, 0.2) is 59.7 Å². The van der Waals surface area contributed by atoms with Gasteiger partial charge in [0.25, 0.3) is 0 Å². The SMILES string of the molecule is CCCCC1(CCCC)CN(c2ccccc2)c2cc(N(C)C)c(O/C=C/C(=O)O)cc2S(=O)(=O)C1. The van der Waals surface area contributed by atoms with Gasteiger partial charge < -0.3 is 19.6 Å². The quantitative estimate of drug-likeness (QED) is 0.290. The van der Waals surface area contributed by atoms with Crippen LogP contribution in [0.4, 0.5) is 17.1 Å². The fourth-order valence-electron chi connectivity index (χ4n) is 4.92. The van der Waals surface area contributed by atoms with E-state index in [1.54, 1.807) is 6.07 Å². The number of anilines is 3. The maximum Gasteiger partial charge on any atom is 0.331 e. The van der Waals surface area contributed by atoms with Gasteiger partial charge in [-0.2, -0.15) is 0 Å². The summed E-state index contributed by atoms with van der Waals surface area (Å²) in [6.07, 6.45) is 7.58. The van der Waals surface area contributed by atoms with Crippen LogP contribution >= 0.6 is 0 Å². The Morgan fingerprint density at radius 2 is 1.75 bits per heavy atom. The Bertz CT molecular complexity index is 1170. The molecular weight excluding hydrogens is 476 g/mol. The number of para-hydroxylation sites is 1. The highest BCUT2D eigenvalue weighted by atomic mass is 32.2. The number of aliphatic carboxylic acids is 1. The van der Waals surface area contributed by atoms with E-state index in [0.29, 0.717) is 23.7 Å². The van der Waals surface area contributed by atoms with E-state index in [1.165, 1.54) is 0 Å². The van der Waals surface area contributed by atoms with Crippen LogP contribution in [-0.4, -0.2) is 45.9 Å². The second-order valence-corrected chi connectivity index (χ2v) is 11.8. The van der Waals surface area contributed by atoms with E-state index in [-0.39, 0.29) is 16.1 Å². The summed E-state index contributed by atoms with van der Waals surface area (Å²) in [7, 11) is 0.0203. The predicted octanol–water partition coefficient (Wildman–Crippen LogP) is 6.02. The number of hydrogen-bond acceptors (Lipinski definition) is 6. The van der Waals surface area contributed by atoms with Crippen molar-refractivity contribution < 1.29 is 23.1 Å². The van der Waals surface area contributed by atoms with Gasteiger partial charge in [-0.05, 0) is 31.0 Å². The van der Waals surface area contributed by atoms with Crippen LogP contribution in [0.1, 0.15) is 52.4 Å². The molecule has 0 bridgehead atoms. The number of fused-ring (bicyclic) bond motifs is 1. The number of rotatable bonds is 11. The smallest absolute Gasteiger partial charge is 0.331 e. The molecule has 0 amide bonds. The van der Waals surface area contributed by atoms with Crippen molar-refractivity contribution in [2.45, 2.75) is 57.3 Å². The average Bonchev–Trinajstić information content (AvgIpc) is 2.93. The molecule has 0 fully saturated rings. The molecule has 0 spiro atoms. The summed E-state index contributed by atoms with van der Waals surface area (Å²) in [4.78, 5) is 15.2. The van der Waals surface area contributed by atoms with Crippen LogP contribution in [0.2, 0.25) is 0 Å². The van der Waals surface area contributed by atoms with E-state index >= 15 is 0 Å². The van der Waals surface area contributed by atoms with Crippen molar-refractivity contribution in [3.8, 4) is 5.75 Å². The van der Waals surface area contributed by atoms with Crippen molar-refractivity contribution in [2.24, 2.45) is 5.41 Å². The van der Waals surface area contributed by atoms with E-state index in [0.717, 1.165) is 56.6 Å². The van der Waals surface area contributed by atoms with Gasteiger partial charge in [-0.25, -0.2) is 13.2 Å². The zero-order chi connectivity index (χ0) is 26.3. The van der Waals surface area contributed by atoms with Gasteiger partial charge in [0.2, 0.25) is 0 Å². The first-order valence-electron chi connectivity index (χ1n) is 12.6. The van der Waals surface area contributed by atoms with E-state index < -0.39 is 15.8 Å². The molecule has 8 heteroatoms. The summed E-state index contributed by atoms with van der Waals surface area (Å²) in [5.41, 5.74) is 1.84. The van der Waals surface area contributed by atoms with Gasteiger partial charge in [0, 0.05) is 37.8 Å². The topological polar surface area (TPSA) is 87.2 Å². The van der Waals surface area contributed by atoms with Crippen LogP contribution in [0.5, 0.6) is 5.75 Å². The molecule has 0 saturated carbocycles. The molecule has 0 aromatic heterocycles. The molecule has 0 atom stereocenters. The average molecular weight is 515 g/mol. The van der Waals surface area contributed by atoms with Gasteiger partial charge in [0.05, 0.1) is 34.4 Å². The zero-order valence-corrected chi connectivity index (χ0v) is 22.6. The summed E-state index contributed by atoms with van der Waals surface area (Å²) in [5.74, 6) is -0.777. The summed E-state index contributed by atoms with van der Waals surface area (Å²) in [6.45, 7) is 4.88. The zero-order valence-electron chi connectivity index (χ0n) is 21.7. The Balaban J connectivity index is 2.26. The number of benzene rings is 2. The lowest BCUT2D eigenvalue weighted by Crippen LogP contribution is -2.38. The molecule has 7 nitrogen and oxygen atoms in total. The normalized spacial score (nSPS) is 16.4. The number of nitrogens with zero attached hydrogens (tertiary/aromatic N) is 2. The van der Waals surface area contributed by atoms with Gasteiger partial charge in [0.1, 0.15) is 0 Å². The number of unbranched alkanes of at least 4 members (excludes halogenated alkanes) is 2. The summed E-state index contributed by atoms with van der Waals surface area (Å²) < 4.78 is 33.7. The molecule has 196 valence electrons. The van der Waals surface area contributed by atoms with Crippen molar-refractivity contribution >= 4 is 32.9 Å². The highest BCUT2D eigenvalue weighted by Gasteiger charge is 2.42. The molecule has 0 unspecified atom stereocenters. The number of carboxylic acid groups (broad SMARTS) is 1. The lowest BCUT2D eigenvalue weighted by Gasteiger charge is -2.37. The minimum Gasteiger partial charge on any atom is -0.478 e. The van der Waals surface area contributed by atoms with E-state index in [9.17, 15) is 13.2 Å². The van der Waals surface area contributed by atoms with Crippen LogP contribution in [0, 0.1) is 5.41 Å². The first-order chi connectivity index (χ1) is 17.1. The highest BCUT2D eigenvalue weighted by Crippen LogP contribution is 2.48. The molecule has 1 aliphatic rings. The van der Waals surface area contributed by atoms with E-state index in [2.05, 4.69) is 18.7 Å². The highest BCUT2D eigenvalue weighted by molar-refractivity contribution is 7.91. The predicted molar refractivity (Wildman–Crippen MR) is 145 cm³/mol. The summed E-state index contributed by atoms with van der Waals surface area (Å²) in [5, 5.41) is 8.96. The third-order valence-corrected chi connectivity index (χ3v) is 8.72. The first kappa shape index (κ1) is 27.6. The molecule has 0 aliphatic carbocycles. The summed E-state index contributed by atoms with van der Waals surface area (Å²) >= 11 is 0. The molecule has 1 heterocycles. The maximum atomic E-state index is 14.0. The fraction of sp³-hybridized carbons (Fsp3) is 0.464. The van der Waals surface area contributed by atoms with E-state index in [4.69, 9.17) is 9.84 Å². The standard InChI is InChI=1S/C28H38N2O5S/c1-5-7-15-28(16-8-6-2)20-30(22-12-10-9-11-13-22)24-18-23(29(3)4)25(35-17-14-27(31)32)19-26(24)36(33,34)21-28/h9-14,17-19H,5-8,15-16,20-21H2,1-4H3,(H,31,32)/b17-14+. The molecule has 2 aromatic rings. The third kappa shape index (κ3) is 6.40. The molecule has 1 aliphatic heterocycles. The fourth-order valence-corrected chi connectivity index (χ4v) is 7.04. The van der Waals surface area contributed by atoms with Crippen molar-refractivity contribution in [1.82, 2.24) is 0 Å². The molecule has 0 radical (unpaired) electrons. The molecule has 0 saturated heterocycles. The molecule has 36 heavy (non-hydrogen) atoms. The number of ether oxygens (including phenoxy) is 1. The lowest BCUT2D eigenvalue weighted by atomic mass is 9.79. The van der Waals surface area contributed by atoms with Crippen LogP contribution in [0.3, 0.4) is 0 Å². The maximum absolute atomic E-state index is 14.0. The van der Waals surface area contributed by atoms with Crippen molar-refractivity contribution in [1.29, 1.82) is 0 Å². The Hall–Kier alpha value is -3.00. The van der Waals surface area contributed by atoms with Gasteiger partial charge in [-0.15, -0.1) is 0 Å². The Morgan fingerprint density at radius 1 is 1.11 bits per heavy atom. The van der Waals surface area contributed by atoms with Crippen LogP contribution in [-0.2, 0) is 14.6 Å². The Kier molecular flexibility index (Phi) is 9.06. The van der Waals surface area contributed by atoms with Gasteiger partial charge >= 0.3 is 5.97 Å². The molecule has 2 aromatic carbocycles. The number of hydrogen-bond donors (Lipinski definition) is 1. The van der Waals surface area contributed by atoms with Crippen LogP contribution in [0.25, 0.3) is 0 Å².